The summed E-state index contributed by atoms with van der Waals surface area (Å²) in [5, 5.41) is 10.5. The normalized spacial score (nSPS) is 17.1. The van der Waals surface area contributed by atoms with E-state index < -0.39 is 6.10 Å². The van der Waals surface area contributed by atoms with Crippen molar-refractivity contribution in [2.45, 2.75) is 12.6 Å². The van der Waals surface area contributed by atoms with Crippen LogP contribution in [0.15, 0.2) is 72.8 Å². The average molecular weight is 447 g/mol. The van der Waals surface area contributed by atoms with Gasteiger partial charge in [0.25, 0.3) is 0 Å². The predicted molar refractivity (Wildman–Crippen MR) is 128 cm³/mol. The number of nitrogens with zero attached hydrogens (tertiary/aromatic N) is 2. The molecule has 6 heteroatoms. The molecule has 1 saturated heterocycles. The monoisotopic (exact) mass is 446 g/mol. The number of benzene rings is 3. The molecule has 5 rings (SSSR count). The summed E-state index contributed by atoms with van der Waals surface area (Å²) in [5.74, 6) is 2.44. The van der Waals surface area contributed by atoms with Gasteiger partial charge in [-0.25, -0.2) is 0 Å². The second-order valence-corrected chi connectivity index (χ2v) is 8.62. The Morgan fingerprint density at radius 2 is 1.48 bits per heavy atom. The van der Waals surface area contributed by atoms with E-state index in [1.165, 1.54) is 11.1 Å². The molecule has 2 aliphatic rings. The van der Waals surface area contributed by atoms with Crippen molar-refractivity contribution in [3.63, 3.8) is 0 Å². The van der Waals surface area contributed by atoms with E-state index in [1.807, 2.05) is 36.4 Å². The van der Waals surface area contributed by atoms with E-state index in [0.29, 0.717) is 19.9 Å². The van der Waals surface area contributed by atoms with Crippen LogP contribution in [-0.4, -0.2) is 67.1 Å². The van der Waals surface area contributed by atoms with Crippen molar-refractivity contribution in [3.05, 3.63) is 78.4 Å². The third-order valence-corrected chi connectivity index (χ3v) is 6.18. The van der Waals surface area contributed by atoms with Crippen molar-refractivity contribution in [3.8, 4) is 28.4 Å². The highest BCUT2D eigenvalue weighted by molar-refractivity contribution is 5.63. The smallest absolute Gasteiger partial charge is 0.231 e. The minimum atomic E-state index is -0.515. The quantitative estimate of drug-likeness (QED) is 0.570. The van der Waals surface area contributed by atoms with Crippen LogP contribution in [0.1, 0.15) is 5.56 Å². The highest BCUT2D eigenvalue weighted by atomic mass is 16.7. The number of hydrogen-bond acceptors (Lipinski definition) is 6. The second kappa shape index (κ2) is 10.3. The molecule has 1 fully saturated rings. The van der Waals surface area contributed by atoms with Crippen molar-refractivity contribution < 1.29 is 19.3 Å². The van der Waals surface area contributed by atoms with E-state index in [4.69, 9.17) is 14.2 Å². The largest absolute Gasteiger partial charge is 0.491 e. The summed E-state index contributed by atoms with van der Waals surface area (Å²) in [7, 11) is 0. The summed E-state index contributed by atoms with van der Waals surface area (Å²) in [6.45, 7) is 5.95. The molecule has 172 valence electrons. The van der Waals surface area contributed by atoms with Crippen LogP contribution < -0.4 is 14.2 Å². The maximum absolute atomic E-state index is 10.5. The molecule has 3 aromatic carbocycles. The van der Waals surface area contributed by atoms with Gasteiger partial charge in [0.05, 0.1) is 0 Å². The van der Waals surface area contributed by atoms with E-state index in [0.717, 1.165) is 55.5 Å². The van der Waals surface area contributed by atoms with Crippen LogP contribution in [0.3, 0.4) is 0 Å². The number of piperazine rings is 1. The summed E-state index contributed by atoms with van der Waals surface area (Å²) in [6, 6.07) is 24.5. The third kappa shape index (κ3) is 5.66. The zero-order valence-corrected chi connectivity index (χ0v) is 18.7. The lowest BCUT2D eigenvalue weighted by Gasteiger charge is -2.35. The van der Waals surface area contributed by atoms with Gasteiger partial charge < -0.3 is 19.3 Å². The SMILES string of the molecule is O[C@H](COc1ccc(-c2ccccc2)cc1)CN1CCN(Cc2ccc3c(c2)OCO3)CC1. The summed E-state index contributed by atoms with van der Waals surface area (Å²) in [6.07, 6.45) is -0.515. The average Bonchev–Trinajstić information content (AvgIpc) is 3.33. The van der Waals surface area contributed by atoms with Gasteiger partial charge in [-0.15, -0.1) is 0 Å². The Morgan fingerprint density at radius 1 is 0.788 bits per heavy atom. The van der Waals surface area contributed by atoms with E-state index in [9.17, 15) is 5.11 Å². The first-order valence-corrected chi connectivity index (χ1v) is 11.5. The standard InChI is InChI=1S/C27H30N2O4/c30-24(19-31-25-9-7-23(8-10-25)22-4-2-1-3-5-22)18-29-14-12-28(13-15-29)17-21-6-11-26-27(16-21)33-20-32-26/h1-11,16,24,30H,12-15,17-20H2/t24-/m0/s1. The van der Waals surface area contributed by atoms with Gasteiger partial charge in [-0.3, -0.25) is 9.80 Å². The molecule has 0 unspecified atom stereocenters. The van der Waals surface area contributed by atoms with Gasteiger partial charge in [-0.05, 0) is 41.0 Å². The first kappa shape index (κ1) is 21.8. The Kier molecular flexibility index (Phi) is 6.76. The van der Waals surface area contributed by atoms with Gasteiger partial charge in [-0.1, -0.05) is 48.5 Å². The maximum Gasteiger partial charge on any atom is 0.231 e. The van der Waals surface area contributed by atoms with Crippen molar-refractivity contribution in [1.82, 2.24) is 9.80 Å². The fraction of sp³-hybridized carbons (Fsp3) is 0.333. The van der Waals surface area contributed by atoms with Gasteiger partial charge in [-0.2, -0.15) is 0 Å². The molecule has 0 bridgehead atoms. The fourth-order valence-corrected chi connectivity index (χ4v) is 4.34. The van der Waals surface area contributed by atoms with Crippen molar-refractivity contribution >= 4 is 0 Å². The molecule has 1 atom stereocenters. The van der Waals surface area contributed by atoms with E-state index in [-0.39, 0.29) is 0 Å². The number of rotatable bonds is 8. The Hall–Kier alpha value is -3.06. The number of β-amino-alcohol motifs (C(OH)–C–C–N with tert-alkyl or cyclic N) is 1. The van der Waals surface area contributed by atoms with Crippen LogP contribution in [0.2, 0.25) is 0 Å². The molecular formula is C27H30N2O4. The molecule has 0 saturated carbocycles. The Balaban J connectivity index is 1.03. The minimum absolute atomic E-state index is 0.294. The van der Waals surface area contributed by atoms with Crippen LogP contribution in [0.4, 0.5) is 0 Å². The van der Waals surface area contributed by atoms with Gasteiger partial charge in [0.1, 0.15) is 18.5 Å². The van der Waals surface area contributed by atoms with Crippen molar-refractivity contribution in [2.75, 3.05) is 46.1 Å². The van der Waals surface area contributed by atoms with Crippen LogP contribution in [0.25, 0.3) is 11.1 Å². The van der Waals surface area contributed by atoms with Gasteiger partial charge in [0, 0.05) is 39.3 Å². The summed E-state index contributed by atoms with van der Waals surface area (Å²) >= 11 is 0. The molecule has 0 radical (unpaired) electrons. The van der Waals surface area contributed by atoms with E-state index in [2.05, 4.69) is 46.2 Å². The minimum Gasteiger partial charge on any atom is -0.491 e. The molecule has 0 spiro atoms. The van der Waals surface area contributed by atoms with E-state index >= 15 is 0 Å². The molecule has 1 N–H and O–H groups in total. The van der Waals surface area contributed by atoms with Crippen LogP contribution in [-0.2, 0) is 6.54 Å². The number of ether oxygens (including phenoxy) is 3. The van der Waals surface area contributed by atoms with Gasteiger partial charge in [0.15, 0.2) is 11.5 Å². The van der Waals surface area contributed by atoms with E-state index in [1.54, 1.807) is 0 Å². The van der Waals surface area contributed by atoms with Crippen LogP contribution in [0, 0.1) is 0 Å². The summed E-state index contributed by atoms with van der Waals surface area (Å²) in [5.41, 5.74) is 3.57. The fourth-order valence-electron chi connectivity index (χ4n) is 4.34. The summed E-state index contributed by atoms with van der Waals surface area (Å²) in [4.78, 5) is 4.74. The lowest BCUT2D eigenvalue weighted by Crippen LogP contribution is -2.48. The molecular weight excluding hydrogens is 416 g/mol. The Bertz CT molecular complexity index is 1030. The second-order valence-electron chi connectivity index (χ2n) is 8.62. The number of aliphatic hydroxyl groups is 1. The van der Waals surface area contributed by atoms with Crippen molar-refractivity contribution in [1.29, 1.82) is 0 Å². The first-order chi connectivity index (χ1) is 16.2. The van der Waals surface area contributed by atoms with Crippen molar-refractivity contribution in [2.24, 2.45) is 0 Å². The van der Waals surface area contributed by atoms with Gasteiger partial charge >= 0.3 is 0 Å². The summed E-state index contributed by atoms with van der Waals surface area (Å²) < 4.78 is 16.7. The molecule has 0 aliphatic carbocycles. The lowest BCUT2D eigenvalue weighted by molar-refractivity contribution is 0.0446. The topological polar surface area (TPSA) is 54.4 Å². The number of aliphatic hydroxyl groups excluding tert-OH is 1. The molecule has 3 aromatic rings. The Labute approximate surface area is 194 Å². The predicted octanol–water partition coefficient (Wildman–Crippen LogP) is 3.64. The number of fused-ring (bicyclic) bond motifs is 1. The first-order valence-electron chi connectivity index (χ1n) is 11.5. The van der Waals surface area contributed by atoms with Gasteiger partial charge in [0.2, 0.25) is 6.79 Å². The molecule has 0 aromatic heterocycles. The molecule has 0 amide bonds. The van der Waals surface area contributed by atoms with Crippen LogP contribution >= 0.6 is 0 Å². The maximum atomic E-state index is 10.5. The number of hydrogen-bond donors (Lipinski definition) is 1. The Morgan fingerprint density at radius 3 is 2.27 bits per heavy atom. The lowest BCUT2D eigenvalue weighted by atomic mass is 10.1. The highest BCUT2D eigenvalue weighted by Gasteiger charge is 2.21. The molecule has 33 heavy (non-hydrogen) atoms. The zero-order valence-electron chi connectivity index (χ0n) is 18.7. The third-order valence-electron chi connectivity index (χ3n) is 6.18. The molecule has 2 heterocycles. The molecule has 6 nitrogen and oxygen atoms in total. The van der Waals surface area contributed by atoms with Crippen LogP contribution in [0.5, 0.6) is 17.2 Å². The highest BCUT2D eigenvalue weighted by Crippen LogP contribution is 2.32. The zero-order chi connectivity index (χ0) is 22.5. The molecule has 2 aliphatic heterocycles.